The number of carbonyl (C=O) groups is 3. The SMILES string of the molecule is COc1cc(N(C)CCN(C)C(=O)OC(C)(C)C)c([N+](=O)[O-])cc1N(C(=O)OC(C)(C)C)c1nccc(-c2c(C(C)(C)C)n(C=O)c3ccccc23)n1. The minimum Gasteiger partial charge on any atom is -0.494 e. The minimum absolute atomic E-state index is 0.0417. The van der Waals surface area contributed by atoms with Gasteiger partial charge in [-0.2, -0.15) is 0 Å². The zero-order chi connectivity index (χ0) is 39.6. The van der Waals surface area contributed by atoms with Gasteiger partial charge in [-0.05, 0) is 53.7 Å². The summed E-state index contributed by atoms with van der Waals surface area (Å²) in [4.78, 5) is 64.5. The second-order valence-electron chi connectivity index (χ2n) is 15.6. The fraction of sp³-hybridized carbons (Fsp3) is 0.447. The standard InChI is InChI=1S/C38H49N7O8/c1-36(2,3)32-31(24-15-13-14-16-26(24)43(32)23-46)25-17-18-39-33(40-25)44(35(48)53-38(7,8)9)29-21-28(45(49)50)27(22-30(29)51-12)41(10)19-20-42(11)34(47)52-37(4,5)6/h13-18,21-23H,19-20H2,1-12H3. The van der Waals surface area contributed by atoms with Crippen LogP contribution in [0.25, 0.3) is 22.2 Å². The first-order valence-electron chi connectivity index (χ1n) is 17.0. The molecule has 4 rings (SSSR count). The molecular formula is C38H49N7O8. The molecule has 2 aromatic heterocycles. The number of hydrogen-bond donors (Lipinski definition) is 0. The number of nitro benzene ring substituents is 1. The van der Waals surface area contributed by atoms with Crippen LogP contribution in [0.5, 0.6) is 5.75 Å². The van der Waals surface area contributed by atoms with Gasteiger partial charge in [-0.1, -0.05) is 39.0 Å². The molecule has 0 aliphatic rings. The maximum absolute atomic E-state index is 14.1. The number of ether oxygens (including phenoxy) is 3. The lowest BCUT2D eigenvalue weighted by molar-refractivity contribution is -0.384. The van der Waals surface area contributed by atoms with Crippen molar-refractivity contribution in [2.24, 2.45) is 0 Å². The van der Waals surface area contributed by atoms with E-state index in [0.29, 0.717) is 22.5 Å². The van der Waals surface area contributed by atoms with Gasteiger partial charge in [0.2, 0.25) is 12.4 Å². The number of para-hydroxylation sites is 1. The molecule has 2 amide bonds. The highest BCUT2D eigenvalue weighted by molar-refractivity contribution is 6.02. The molecule has 0 N–H and O–H groups in total. The average molecular weight is 732 g/mol. The molecule has 0 aliphatic carbocycles. The largest absolute Gasteiger partial charge is 0.494 e. The quantitative estimate of drug-likeness (QED) is 0.0891. The van der Waals surface area contributed by atoms with Crippen LogP contribution in [0.4, 0.5) is 32.6 Å². The summed E-state index contributed by atoms with van der Waals surface area (Å²) in [6, 6.07) is 11.8. The maximum Gasteiger partial charge on any atom is 0.422 e. The molecule has 53 heavy (non-hydrogen) atoms. The van der Waals surface area contributed by atoms with Crippen LogP contribution in [-0.2, 0) is 19.7 Å². The number of rotatable bonds is 10. The van der Waals surface area contributed by atoms with Crippen molar-refractivity contribution in [3.8, 4) is 17.0 Å². The van der Waals surface area contributed by atoms with Crippen LogP contribution >= 0.6 is 0 Å². The zero-order valence-corrected chi connectivity index (χ0v) is 32.5. The fourth-order valence-corrected chi connectivity index (χ4v) is 5.75. The third-order valence-corrected chi connectivity index (χ3v) is 8.00. The molecule has 15 heteroatoms. The van der Waals surface area contributed by atoms with Gasteiger partial charge in [0.15, 0.2) is 0 Å². The van der Waals surface area contributed by atoms with E-state index in [0.717, 1.165) is 16.7 Å². The van der Waals surface area contributed by atoms with Crippen LogP contribution < -0.4 is 14.5 Å². The van der Waals surface area contributed by atoms with Gasteiger partial charge in [-0.25, -0.2) is 24.5 Å². The van der Waals surface area contributed by atoms with Gasteiger partial charge < -0.3 is 24.0 Å². The molecule has 0 aliphatic heterocycles. The molecule has 0 saturated heterocycles. The lowest BCUT2D eigenvalue weighted by Crippen LogP contribution is -2.38. The van der Waals surface area contributed by atoms with Crippen molar-refractivity contribution in [2.75, 3.05) is 44.1 Å². The van der Waals surface area contributed by atoms with Crippen LogP contribution in [-0.4, -0.2) is 88.5 Å². The van der Waals surface area contributed by atoms with E-state index in [1.807, 2.05) is 45.0 Å². The number of aromatic nitrogens is 3. The number of fused-ring (bicyclic) bond motifs is 1. The van der Waals surface area contributed by atoms with E-state index in [1.165, 1.54) is 30.3 Å². The summed E-state index contributed by atoms with van der Waals surface area (Å²) in [5.74, 6) is -0.0574. The summed E-state index contributed by atoms with van der Waals surface area (Å²) in [6.07, 6.45) is 0.792. The highest BCUT2D eigenvalue weighted by Crippen LogP contribution is 2.44. The van der Waals surface area contributed by atoms with Crippen LogP contribution in [0.15, 0.2) is 48.7 Å². The Kier molecular flexibility index (Phi) is 11.4. The molecule has 0 spiro atoms. The molecular weight excluding hydrogens is 682 g/mol. The monoisotopic (exact) mass is 731 g/mol. The number of carbonyl (C=O) groups excluding carboxylic acids is 3. The van der Waals surface area contributed by atoms with Gasteiger partial charge in [0.1, 0.15) is 28.3 Å². The number of methoxy groups -OCH3 is 1. The van der Waals surface area contributed by atoms with Gasteiger partial charge in [0, 0.05) is 67.6 Å². The van der Waals surface area contributed by atoms with E-state index in [2.05, 4.69) is 4.98 Å². The highest BCUT2D eigenvalue weighted by atomic mass is 16.6. The van der Waals surface area contributed by atoms with Crippen molar-refractivity contribution in [1.82, 2.24) is 19.4 Å². The number of nitrogens with zero attached hydrogens (tertiary/aromatic N) is 7. The lowest BCUT2D eigenvalue weighted by Gasteiger charge is -2.29. The van der Waals surface area contributed by atoms with E-state index < -0.39 is 33.7 Å². The van der Waals surface area contributed by atoms with E-state index in [-0.39, 0.29) is 41.8 Å². The average Bonchev–Trinajstić information content (AvgIpc) is 3.40. The Morgan fingerprint density at radius 1 is 0.906 bits per heavy atom. The van der Waals surface area contributed by atoms with Crippen LogP contribution in [0.3, 0.4) is 0 Å². The summed E-state index contributed by atoms with van der Waals surface area (Å²) < 4.78 is 18.6. The van der Waals surface area contributed by atoms with Gasteiger partial charge in [-0.15, -0.1) is 0 Å². The van der Waals surface area contributed by atoms with E-state index in [1.54, 1.807) is 71.2 Å². The first-order valence-corrected chi connectivity index (χ1v) is 17.0. The second-order valence-corrected chi connectivity index (χ2v) is 15.6. The predicted octanol–water partition coefficient (Wildman–Crippen LogP) is 7.73. The van der Waals surface area contributed by atoms with Gasteiger partial charge in [0.25, 0.3) is 5.69 Å². The zero-order valence-electron chi connectivity index (χ0n) is 32.5. The van der Waals surface area contributed by atoms with Crippen molar-refractivity contribution in [1.29, 1.82) is 0 Å². The lowest BCUT2D eigenvalue weighted by atomic mass is 9.87. The number of likely N-dealkylation sites (N-methyl/N-ethyl adjacent to an activating group) is 2. The summed E-state index contributed by atoms with van der Waals surface area (Å²) in [5.41, 5.74) is 0.0538. The predicted molar refractivity (Wildman–Crippen MR) is 204 cm³/mol. The summed E-state index contributed by atoms with van der Waals surface area (Å²) >= 11 is 0. The van der Waals surface area contributed by atoms with Crippen molar-refractivity contribution in [3.63, 3.8) is 0 Å². The Morgan fingerprint density at radius 3 is 2.09 bits per heavy atom. The second kappa shape index (κ2) is 15.1. The molecule has 0 saturated carbocycles. The topological polar surface area (TPSA) is 162 Å². The Hall–Kier alpha value is -5.73. The van der Waals surface area contributed by atoms with Gasteiger partial charge in [-0.3, -0.25) is 19.5 Å². The van der Waals surface area contributed by atoms with Crippen molar-refractivity contribution < 1.29 is 33.5 Å². The van der Waals surface area contributed by atoms with E-state index >= 15 is 0 Å². The normalized spacial score (nSPS) is 11.9. The van der Waals surface area contributed by atoms with Crippen molar-refractivity contribution in [3.05, 3.63) is 64.5 Å². The Morgan fingerprint density at radius 2 is 1.53 bits per heavy atom. The Bertz CT molecular complexity index is 2020. The third-order valence-electron chi connectivity index (χ3n) is 8.00. The molecule has 0 fully saturated rings. The molecule has 0 unspecified atom stereocenters. The number of anilines is 3. The molecule has 15 nitrogen and oxygen atoms in total. The van der Waals surface area contributed by atoms with Crippen LogP contribution in [0.1, 0.15) is 68.0 Å². The number of benzene rings is 2. The summed E-state index contributed by atoms with van der Waals surface area (Å²) in [6.45, 7) is 16.7. The molecule has 2 aromatic carbocycles. The van der Waals surface area contributed by atoms with Crippen molar-refractivity contribution >= 4 is 52.5 Å². The summed E-state index contributed by atoms with van der Waals surface area (Å²) in [7, 11) is 4.60. The van der Waals surface area contributed by atoms with Gasteiger partial charge in [0.05, 0.1) is 23.2 Å². The fourth-order valence-electron chi connectivity index (χ4n) is 5.75. The highest BCUT2D eigenvalue weighted by Gasteiger charge is 2.34. The van der Waals surface area contributed by atoms with E-state index in [4.69, 9.17) is 19.2 Å². The first-order chi connectivity index (χ1) is 24.6. The molecule has 2 heterocycles. The first kappa shape index (κ1) is 40.0. The maximum atomic E-state index is 14.1. The summed E-state index contributed by atoms with van der Waals surface area (Å²) in [5, 5.41) is 13.4. The van der Waals surface area contributed by atoms with E-state index in [9.17, 15) is 24.5 Å². The van der Waals surface area contributed by atoms with Crippen molar-refractivity contribution in [2.45, 2.75) is 78.9 Å². The van der Waals surface area contributed by atoms with Crippen LogP contribution in [0.2, 0.25) is 0 Å². The Labute approximate surface area is 309 Å². The van der Waals surface area contributed by atoms with Gasteiger partial charge >= 0.3 is 12.2 Å². The molecule has 0 atom stereocenters. The molecule has 0 bridgehead atoms. The minimum atomic E-state index is -0.969. The Balaban J connectivity index is 1.89. The number of nitro groups is 1. The third kappa shape index (κ3) is 9.02. The number of amides is 2. The molecule has 284 valence electrons. The smallest absolute Gasteiger partial charge is 0.422 e. The van der Waals surface area contributed by atoms with Crippen LogP contribution in [0, 0.1) is 10.1 Å². The molecule has 0 radical (unpaired) electrons. The number of hydrogen-bond acceptors (Lipinski definition) is 11. The molecule has 4 aromatic rings.